The van der Waals surface area contributed by atoms with Crippen molar-refractivity contribution in [2.45, 2.75) is 20.8 Å². The minimum Gasteiger partial charge on any atom is -0.332 e. The number of benzene rings is 2. The van der Waals surface area contributed by atoms with E-state index in [-0.39, 0.29) is 0 Å². The van der Waals surface area contributed by atoms with Gasteiger partial charge in [0.05, 0.1) is 0 Å². The van der Waals surface area contributed by atoms with E-state index in [9.17, 15) is 0 Å². The zero-order chi connectivity index (χ0) is 14.7. The molecule has 0 amide bonds. The highest BCUT2D eigenvalue weighted by Gasteiger charge is 2.04. The summed E-state index contributed by atoms with van der Waals surface area (Å²) in [5, 5.41) is 7.72. The van der Waals surface area contributed by atoms with Crippen LogP contribution in [0.1, 0.15) is 16.7 Å². The molecule has 20 heavy (non-hydrogen) atoms. The van der Waals surface area contributed by atoms with Crippen molar-refractivity contribution in [3.63, 3.8) is 0 Å². The van der Waals surface area contributed by atoms with Gasteiger partial charge in [0.2, 0.25) is 0 Å². The van der Waals surface area contributed by atoms with Gasteiger partial charge >= 0.3 is 0 Å². The molecule has 104 valence electrons. The lowest BCUT2D eigenvalue weighted by atomic mass is 10.1. The summed E-state index contributed by atoms with van der Waals surface area (Å²) in [6, 6.07) is 11.9. The minimum absolute atomic E-state index is 0.573. The van der Waals surface area contributed by atoms with E-state index < -0.39 is 0 Å². The second-order valence-corrected chi connectivity index (χ2v) is 5.70. The summed E-state index contributed by atoms with van der Waals surface area (Å²) in [7, 11) is 0. The summed E-state index contributed by atoms with van der Waals surface area (Å²) in [5.41, 5.74) is 5.39. The SMILES string of the molecule is Cc1ccc(C)c(NC(=S)Nc2ccc(Cl)cc2C)c1. The Morgan fingerprint density at radius 2 is 1.60 bits per heavy atom. The molecule has 2 N–H and O–H groups in total. The smallest absolute Gasteiger partial charge is 0.175 e. The van der Waals surface area contributed by atoms with Crippen molar-refractivity contribution in [3.8, 4) is 0 Å². The van der Waals surface area contributed by atoms with Gasteiger partial charge in [-0.25, -0.2) is 0 Å². The molecule has 0 aromatic heterocycles. The van der Waals surface area contributed by atoms with Crippen LogP contribution in [0.15, 0.2) is 36.4 Å². The van der Waals surface area contributed by atoms with E-state index in [1.807, 2.05) is 25.1 Å². The number of thiocarbonyl (C=S) groups is 1. The van der Waals surface area contributed by atoms with Crippen molar-refractivity contribution in [2.75, 3.05) is 10.6 Å². The van der Waals surface area contributed by atoms with Gasteiger partial charge in [-0.3, -0.25) is 0 Å². The first-order valence-electron chi connectivity index (χ1n) is 6.37. The maximum Gasteiger partial charge on any atom is 0.175 e. The lowest BCUT2D eigenvalue weighted by molar-refractivity contribution is 1.39. The van der Waals surface area contributed by atoms with Gasteiger partial charge in [0, 0.05) is 16.4 Å². The molecule has 0 spiro atoms. The van der Waals surface area contributed by atoms with E-state index in [4.69, 9.17) is 23.8 Å². The van der Waals surface area contributed by atoms with Gasteiger partial charge in [0.15, 0.2) is 5.11 Å². The van der Waals surface area contributed by atoms with Crippen LogP contribution < -0.4 is 10.6 Å². The number of rotatable bonds is 2. The molecule has 0 aliphatic rings. The molecule has 0 fully saturated rings. The molecule has 2 aromatic rings. The number of hydrogen-bond acceptors (Lipinski definition) is 1. The molecule has 0 aliphatic heterocycles. The lowest BCUT2D eigenvalue weighted by Gasteiger charge is -2.14. The molecule has 4 heteroatoms. The Morgan fingerprint density at radius 1 is 0.900 bits per heavy atom. The summed E-state index contributed by atoms with van der Waals surface area (Å²) in [4.78, 5) is 0. The zero-order valence-corrected chi connectivity index (χ0v) is 13.3. The summed E-state index contributed by atoms with van der Waals surface area (Å²) in [6.45, 7) is 6.11. The third kappa shape index (κ3) is 3.71. The maximum atomic E-state index is 5.95. The second-order valence-electron chi connectivity index (χ2n) is 4.86. The van der Waals surface area contributed by atoms with Crippen LogP contribution in [-0.4, -0.2) is 5.11 Å². The van der Waals surface area contributed by atoms with Crippen LogP contribution in [0, 0.1) is 20.8 Å². The normalized spacial score (nSPS) is 10.2. The molecule has 0 heterocycles. The van der Waals surface area contributed by atoms with Gasteiger partial charge < -0.3 is 10.6 Å². The third-order valence-corrected chi connectivity index (χ3v) is 3.52. The Hall–Kier alpha value is -1.58. The van der Waals surface area contributed by atoms with E-state index in [1.165, 1.54) is 5.56 Å². The molecule has 2 rings (SSSR count). The molecule has 0 unspecified atom stereocenters. The number of nitrogens with one attached hydrogen (secondary N) is 2. The first kappa shape index (κ1) is 14.8. The summed E-state index contributed by atoms with van der Waals surface area (Å²) in [5.74, 6) is 0. The fraction of sp³-hybridized carbons (Fsp3) is 0.188. The van der Waals surface area contributed by atoms with Gasteiger partial charge in [0.25, 0.3) is 0 Å². The molecular weight excluding hydrogens is 288 g/mol. The Morgan fingerprint density at radius 3 is 2.30 bits per heavy atom. The molecular formula is C16H17ClN2S. The monoisotopic (exact) mass is 304 g/mol. The Kier molecular flexibility index (Phi) is 4.63. The molecule has 0 atom stereocenters. The molecule has 0 bridgehead atoms. The van der Waals surface area contributed by atoms with Crippen LogP contribution >= 0.6 is 23.8 Å². The minimum atomic E-state index is 0.573. The van der Waals surface area contributed by atoms with Crippen molar-refractivity contribution in [3.05, 3.63) is 58.1 Å². The van der Waals surface area contributed by atoms with E-state index in [0.717, 1.165) is 27.5 Å². The first-order chi connectivity index (χ1) is 9.45. The van der Waals surface area contributed by atoms with E-state index in [2.05, 4.69) is 42.7 Å². The summed E-state index contributed by atoms with van der Waals surface area (Å²) >= 11 is 11.3. The van der Waals surface area contributed by atoms with Crippen molar-refractivity contribution in [1.82, 2.24) is 0 Å². The van der Waals surface area contributed by atoms with Gasteiger partial charge in [-0.15, -0.1) is 0 Å². The van der Waals surface area contributed by atoms with Crippen LogP contribution in [0.5, 0.6) is 0 Å². The summed E-state index contributed by atoms with van der Waals surface area (Å²) < 4.78 is 0. The average Bonchev–Trinajstić information content (AvgIpc) is 2.37. The fourth-order valence-electron chi connectivity index (χ4n) is 1.91. The Balaban J connectivity index is 2.11. The largest absolute Gasteiger partial charge is 0.332 e. The number of anilines is 2. The molecule has 0 aliphatic carbocycles. The maximum absolute atomic E-state index is 5.95. The fourth-order valence-corrected chi connectivity index (χ4v) is 2.36. The van der Waals surface area contributed by atoms with Gasteiger partial charge in [0.1, 0.15) is 0 Å². The van der Waals surface area contributed by atoms with Gasteiger partial charge in [-0.1, -0.05) is 23.7 Å². The number of aryl methyl sites for hydroxylation is 3. The molecule has 0 saturated heterocycles. The van der Waals surface area contributed by atoms with E-state index in [0.29, 0.717) is 5.11 Å². The topological polar surface area (TPSA) is 24.1 Å². The van der Waals surface area contributed by atoms with Crippen LogP contribution in [0.25, 0.3) is 0 Å². The van der Waals surface area contributed by atoms with Crippen molar-refractivity contribution in [1.29, 1.82) is 0 Å². The van der Waals surface area contributed by atoms with Gasteiger partial charge in [-0.2, -0.15) is 0 Å². The highest BCUT2D eigenvalue weighted by atomic mass is 35.5. The van der Waals surface area contributed by atoms with Gasteiger partial charge in [-0.05, 0) is 73.9 Å². The Bertz CT molecular complexity index is 653. The molecule has 2 aromatic carbocycles. The highest BCUT2D eigenvalue weighted by Crippen LogP contribution is 2.21. The van der Waals surface area contributed by atoms with E-state index >= 15 is 0 Å². The summed E-state index contributed by atoms with van der Waals surface area (Å²) in [6.07, 6.45) is 0. The lowest BCUT2D eigenvalue weighted by Crippen LogP contribution is -2.20. The van der Waals surface area contributed by atoms with Crippen molar-refractivity contribution < 1.29 is 0 Å². The van der Waals surface area contributed by atoms with Crippen molar-refractivity contribution in [2.24, 2.45) is 0 Å². The first-order valence-corrected chi connectivity index (χ1v) is 7.16. The standard InChI is InChI=1S/C16H17ClN2S/c1-10-4-5-11(2)15(8-10)19-16(20)18-14-7-6-13(17)9-12(14)3/h4-9H,1-3H3,(H2,18,19,20). The average molecular weight is 305 g/mol. The van der Waals surface area contributed by atoms with E-state index in [1.54, 1.807) is 0 Å². The molecule has 0 saturated carbocycles. The number of halogens is 1. The predicted octanol–water partition coefficient (Wildman–Crippen LogP) is 5.07. The quantitative estimate of drug-likeness (QED) is 0.757. The highest BCUT2D eigenvalue weighted by molar-refractivity contribution is 7.80. The Labute approximate surface area is 130 Å². The number of hydrogen-bond donors (Lipinski definition) is 2. The molecule has 2 nitrogen and oxygen atoms in total. The van der Waals surface area contributed by atoms with Crippen LogP contribution in [0.2, 0.25) is 5.02 Å². The zero-order valence-electron chi connectivity index (χ0n) is 11.8. The van der Waals surface area contributed by atoms with Crippen LogP contribution in [-0.2, 0) is 0 Å². The molecule has 0 radical (unpaired) electrons. The second kappa shape index (κ2) is 6.25. The van der Waals surface area contributed by atoms with Crippen molar-refractivity contribution >= 4 is 40.3 Å². The van der Waals surface area contributed by atoms with Crippen LogP contribution in [0.4, 0.5) is 11.4 Å². The third-order valence-electron chi connectivity index (χ3n) is 3.08. The van der Waals surface area contributed by atoms with Crippen LogP contribution in [0.3, 0.4) is 0 Å². The predicted molar refractivity (Wildman–Crippen MR) is 91.9 cm³/mol.